The zero-order valence-electron chi connectivity index (χ0n) is 4.58. The summed E-state index contributed by atoms with van der Waals surface area (Å²) >= 11 is 0. The third-order valence-corrected chi connectivity index (χ3v) is 0.532. The van der Waals surface area contributed by atoms with E-state index in [0.717, 1.165) is 0 Å². The van der Waals surface area contributed by atoms with Gasteiger partial charge in [-0.25, -0.2) is 0 Å². The summed E-state index contributed by atoms with van der Waals surface area (Å²) in [4.78, 5) is 9.72. The predicted molar refractivity (Wildman–Crippen MR) is 20.8 cm³/mol. The molecule has 0 fully saturated rings. The molecule has 0 N–H and O–H groups in total. The van der Waals surface area contributed by atoms with E-state index >= 15 is 0 Å². The van der Waals surface area contributed by atoms with Gasteiger partial charge in [0.2, 0.25) is 0 Å². The van der Waals surface area contributed by atoms with E-state index in [1.54, 1.807) is 0 Å². The summed E-state index contributed by atoms with van der Waals surface area (Å²) in [5, 5.41) is 0. The maximum atomic E-state index is 11.0. The number of halogens is 2. The Labute approximate surface area is 40.3 Å². The van der Waals surface area contributed by atoms with Gasteiger partial charge in [0.05, 0.1) is 5.78 Å². The predicted octanol–water partition coefficient (Wildman–Crippen LogP) is 1.39. The van der Waals surface area contributed by atoms with Gasteiger partial charge in [-0.1, -0.05) is 6.92 Å². The number of rotatable bonds is 2. The molecule has 0 unspecified atom stereocenters. The van der Waals surface area contributed by atoms with Gasteiger partial charge in [0.1, 0.15) is 0 Å². The Bertz CT molecular complexity index is 74.4. The van der Waals surface area contributed by atoms with Gasteiger partial charge >= 0.3 is 0 Å². The maximum absolute atomic E-state index is 11.0. The van der Waals surface area contributed by atoms with Crippen molar-refractivity contribution in [2.75, 3.05) is 0 Å². The summed E-state index contributed by atoms with van der Waals surface area (Å²) in [6, 6.07) is 0. The standard InChI is InChI=1S/C4H5F2O.Rf/c1-2-3(7)4(5)6;/h2H2,1H3;/q-1;. The second kappa shape index (κ2) is 3.59. The Morgan fingerprint density at radius 2 is 2.00 bits per heavy atom. The molecule has 8 heavy (non-hydrogen) atoms. The van der Waals surface area contributed by atoms with Crippen molar-refractivity contribution < 1.29 is 13.6 Å². The van der Waals surface area contributed by atoms with E-state index in [1.807, 2.05) is 0 Å². The van der Waals surface area contributed by atoms with Crippen LogP contribution in [0.5, 0.6) is 0 Å². The number of hydrogen-bond donors (Lipinski definition) is 0. The van der Waals surface area contributed by atoms with Crippen molar-refractivity contribution in [1.29, 1.82) is 0 Å². The molecule has 0 spiro atoms. The molecule has 0 atom stereocenters. The summed E-state index contributed by atoms with van der Waals surface area (Å²) in [5.41, 5.74) is 0. The van der Waals surface area contributed by atoms with Gasteiger partial charge in [-0.3, -0.25) is 0 Å². The molecule has 0 aromatic rings. The zero-order chi connectivity index (χ0) is 5.86. The minimum Gasteiger partial charge on any atom is -0.392 e. The largest absolute Gasteiger partial charge is 0.392 e. The molecule has 0 aliphatic carbocycles. The number of hydrogen-bond acceptors (Lipinski definition) is 1. The van der Waals surface area contributed by atoms with E-state index in [4.69, 9.17) is 0 Å². The molecule has 0 rings (SSSR count). The van der Waals surface area contributed by atoms with Gasteiger partial charge in [0.15, 0.2) is 0 Å². The van der Waals surface area contributed by atoms with Gasteiger partial charge in [-0.05, 0) is 6.42 Å². The third-order valence-electron chi connectivity index (χ3n) is 0.532. The topological polar surface area (TPSA) is 17.1 Å². The van der Waals surface area contributed by atoms with Crippen LogP contribution in [-0.2, 0) is 4.79 Å². The van der Waals surface area contributed by atoms with Crippen molar-refractivity contribution in [3.8, 4) is 0 Å². The first kappa shape index (κ1) is 9.64. The molecular weight excluding hydrogens is 369 g/mol. The Hall–Kier alpha value is -1.60. The van der Waals surface area contributed by atoms with Crippen LogP contribution in [0.4, 0.5) is 8.78 Å². The van der Waals surface area contributed by atoms with Crippen molar-refractivity contribution >= 4 is 5.78 Å². The van der Waals surface area contributed by atoms with Crippen LogP contribution in [-0.4, -0.2) is 5.78 Å². The van der Waals surface area contributed by atoms with Crippen LogP contribution in [0.3, 0.4) is 0 Å². The molecule has 0 aliphatic rings. The van der Waals surface area contributed by atoms with Gasteiger partial charge in [0.25, 0.3) is 0 Å². The summed E-state index contributed by atoms with van der Waals surface area (Å²) in [6.45, 7) is 1.39. The number of Topliss-reactive ketones (excluding diaryl/α,β-unsaturated/α-hetero) is 1. The van der Waals surface area contributed by atoms with Crippen LogP contribution in [0.25, 0.3) is 0 Å². The van der Waals surface area contributed by atoms with Crippen molar-refractivity contribution in [3.63, 3.8) is 0 Å². The first-order chi connectivity index (χ1) is 3.18. The Balaban J connectivity index is 0. The van der Waals surface area contributed by atoms with Gasteiger partial charge in [-0.15, -0.1) is 0 Å². The molecule has 0 aromatic heterocycles. The smallest absolute Gasteiger partial charge is 0.0589 e. The van der Waals surface area contributed by atoms with Crippen LogP contribution in [0, 0.1) is 6.43 Å². The van der Waals surface area contributed by atoms with Gasteiger partial charge in [-0.2, -0.15) is 0 Å². The minimum absolute atomic E-state index is 0. The van der Waals surface area contributed by atoms with Crippen LogP contribution < -0.4 is 0 Å². The molecule has 0 bridgehead atoms. The molecule has 1 nitrogen and oxygen atoms in total. The molecule has 0 aromatic carbocycles. The molecule has 0 amide bonds. The molecular formula is C4H5F2ORf-. The maximum Gasteiger partial charge on any atom is 0.0589 e. The van der Waals surface area contributed by atoms with Gasteiger partial charge in [0, 0.05) is 6.43 Å². The van der Waals surface area contributed by atoms with E-state index in [1.165, 1.54) is 6.92 Å². The van der Waals surface area contributed by atoms with Crippen LogP contribution in [0.2, 0.25) is 0 Å². The Kier molecular flexibility index (Phi) is 4.32. The fourth-order valence-corrected chi connectivity index (χ4v) is 0.134. The first-order valence-corrected chi connectivity index (χ1v) is 1.89. The first-order valence-electron chi connectivity index (χ1n) is 1.89. The summed E-state index contributed by atoms with van der Waals surface area (Å²) in [7, 11) is 0. The second-order valence-corrected chi connectivity index (χ2v) is 1.04. The molecule has 4 heteroatoms. The van der Waals surface area contributed by atoms with Crippen LogP contribution >= 0.6 is 0 Å². The molecule has 0 radical (unpaired) electrons. The normalized spacial score (nSPS) is 7.38. The van der Waals surface area contributed by atoms with Crippen molar-refractivity contribution in [2.45, 2.75) is 13.3 Å². The molecule has 0 saturated carbocycles. The van der Waals surface area contributed by atoms with E-state index in [9.17, 15) is 13.6 Å². The van der Waals surface area contributed by atoms with Crippen LogP contribution in [0.15, 0.2) is 0 Å². The SMILES string of the molecule is CCC(=O)[C-](F)F.[Rf]. The van der Waals surface area contributed by atoms with E-state index in [0.29, 0.717) is 0 Å². The number of ketones is 1. The Morgan fingerprint density at radius 1 is 1.62 bits per heavy atom. The van der Waals surface area contributed by atoms with E-state index in [2.05, 4.69) is 0 Å². The van der Waals surface area contributed by atoms with E-state index < -0.39 is 12.2 Å². The third kappa shape index (κ3) is 2.63. The Morgan fingerprint density at radius 3 is 2.00 bits per heavy atom. The molecule has 44 valence electrons. The van der Waals surface area contributed by atoms with Crippen molar-refractivity contribution in [2.24, 2.45) is 0 Å². The minimum atomic E-state index is -2.09. The zero-order valence-corrected chi connectivity index (χ0v) is 11.0. The fraction of sp³-hybridized carbons (Fsp3) is 0.500. The van der Waals surface area contributed by atoms with E-state index in [-0.39, 0.29) is 6.42 Å². The van der Waals surface area contributed by atoms with Crippen molar-refractivity contribution in [1.82, 2.24) is 0 Å². The fourth-order valence-electron chi connectivity index (χ4n) is 0.134. The molecule has 0 heterocycles. The van der Waals surface area contributed by atoms with Crippen LogP contribution in [0.1, 0.15) is 13.3 Å². The molecule has 0 saturated heterocycles. The molecule has 0 aliphatic heterocycles. The number of carbonyl (C=O) groups is 1. The van der Waals surface area contributed by atoms with Crippen molar-refractivity contribution in [3.05, 3.63) is 6.43 Å². The number of carbonyl (C=O) groups excluding carboxylic acids is 1. The summed E-state index contributed by atoms with van der Waals surface area (Å²) in [6.07, 6.45) is -2.20. The second-order valence-electron chi connectivity index (χ2n) is 1.04. The quantitative estimate of drug-likeness (QED) is 0.668. The summed E-state index contributed by atoms with van der Waals surface area (Å²) in [5.74, 6) is -1.07. The average molecular weight is 374 g/mol. The monoisotopic (exact) mass is 374 g/mol. The van der Waals surface area contributed by atoms with Gasteiger partial charge < -0.3 is 13.6 Å². The summed E-state index contributed by atoms with van der Waals surface area (Å²) < 4.78 is 22.0. The average Bonchev–Trinajstić information content (AvgIpc) is 1.65.